The van der Waals surface area contributed by atoms with Gasteiger partial charge < -0.3 is 15.2 Å². The van der Waals surface area contributed by atoms with Crippen molar-refractivity contribution in [1.82, 2.24) is 4.57 Å². The fourth-order valence-electron chi connectivity index (χ4n) is 3.16. The first-order chi connectivity index (χ1) is 11.6. The van der Waals surface area contributed by atoms with Gasteiger partial charge in [0, 0.05) is 34.0 Å². The highest BCUT2D eigenvalue weighted by Gasteiger charge is 2.12. The Kier molecular flexibility index (Phi) is 4.86. The second-order valence-electron chi connectivity index (χ2n) is 6.37. The van der Waals surface area contributed by atoms with Gasteiger partial charge in [0.25, 0.3) is 5.91 Å². The molecule has 0 bridgehead atoms. The van der Waals surface area contributed by atoms with Gasteiger partial charge in [-0.1, -0.05) is 25.1 Å². The molecular weight excluding hydrogens is 298 g/mol. The number of rotatable bonds is 6. The van der Waals surface area contributed by atoms with Crippen molar-refractivity contribution < 1.29 is 10.1 Å². The van der Waals surface area contributed by atoms with E-state index in [1.165, 1.54) is 21.8 Å². The number of aryl methyl sites for hydroxylation is 1. The number of hydrogen-bond donors (Lipinski definition) is 2. The van der Waals surface area contributed by atoms with Crippen molar-refractivity contribution in [1.29, 1.82) is 0 Å². The minimum absolute atomic E-state index is 0.0499. The summed E-state index contributed by atoms with van der Waals surface area (Å²) in [5.74, 6) is 0.0499. The number of anilines is 1. The van der Waals surface area contributed by atoms with E-state index < -0.39 is 0 Å². The lowest BCUT2D eigenvalue weighted by Crippen LogP contribution is -2.90. The molecule has 2 aromatic carbocycles. The predicted molar refractivity (Wildman–Crippen MR) is 100 cm³/mol. The molecule has 0 spiro atoms. The van der Waals surface area contributed by atoms with E-state index >= 15 is 0 Å². The molecule has 24 heavy (non-hydrogen) atoms. The lowest BCUT2D eigenvalue weighted by Gasteiger charge is -2.09. The van der Waals surface area contributed by atoms with Gasteiger partial charge in [0.05, 0.1) is 6.04 Å². The minimum atomic E-state index is 0.0499. The van der Waals surface area contributed by atoms with Gasteiger partial charge >= 0.3 is 0 Å². The lowest BCUT2D eigenvalue weighted by molar-refractivity contribution is -0.675. The molecule has 4 heteroatoms. The number of carbonyl (C=O) groups excluding carboxylic acids is 1. The van der Waals surface area contributed by atoms with Crippen LogP contribution in [0.1, 0.15) is 27.2 Å². The van der Waals surface area contributed by atoms with Gasteiger partial charge in [0.1, 0.15) is 0 Å². The Balaban J connectivity index is 1.89. The Morgan fingerprint density at radius 3 is 2.62 bits per heavy atom. The summed E-state index contributed by atoms with van der Waals surface area (Å²) in [6.07, 6.45) is 1.07. The number of aromatic nitrogens is 1. The highest BCUT2D eigenvalue weighted by molar-refractivity contribution is 6.09. The molecule has 3 aromatic rings. The number of quaternary nitrogens is 1. The zero-order valence-corrected chi connectivity index (χ0v) is 14.7. The Morgan fingerprint density at radius 1 is 1.12 bits per heavy atom. The number of amides is 1. The van der Waals surface area contributed by atoms with Crippen molar-refractivity contribution in [3.63, 3.8) is 0 Å². The molecule has 126 valence electrons. The van der Waals surface area contributed by atoms with E-state index in [1.807, 2.05) is 6.07 Å². The number of para-hydroxylation sites is 1. The monoisotopic (exact) mass is 324 g/mol. The summed E-state index contributed by atoms with van der Waals surface area (Å²) in [6, 6.07) is 15.1. The van der Waals surface area contributed by atoms with Gasteiger partial charge in [0.15, 0.2) is 6.54 Å². The largest absolute Gasteiger partial charge is 0.341 e. The molecule has 0 aliphatic carbocycles. The van der Waals surface area contributed by atoms with Gasteiger partial charge in [-0.05, 0) is 44.5 Å². The number of nitrogens with zero attached hydrogens (tertiary/aromatic N) is 1. The molecule has 0 aliphatic heterocycles. The van der Waals surface area contributed by atoms with Crippen molar-refractivity contribution in [2.24, 2.45) is 0 Å². The fourth-order valence-corrected chi connectivity index (χ4v) is 3.16. The van der Waals surface area contributed by atoms with E-state index in [4.69, 9.17) is 0 Å². The molecule has 1 aromatic heterocycles. The van der Waals surface area contributed by atoms with Crippen molar-refractivity contribution in [3.8, 4) is 0 Å². The first-order valence-corrected chi connectivity index (χ1v) is 8.78. The molecule has 1 amide bonds. The Hall–Kier alpha value is -2.33. The summed E-state index contributed by atoms with van der Waals surface area (Å²) in [6.45, 7) is 7.82. The van der Waals surface area contributed by atoms with Crippen LogP contribution in [0.2, 0.25) is 0 Å². The molecule has 0 unspecified atom stereocenters. The summed E-state index contributed by atoms with van der Waals surface area (Å²) in [5, 5.41) is 7.53. The maximum absolute atomic E-state index is 12.1. The third-order valence-electron chi connectivity index (χ3n) is 4.72. The van der Waals surface area contributed by atoms with Crippen molar-refractivity contribution in [2.45, 2.75) is 39.8 Å². The van der Waals surface area contributed by atoms with Crippen LogP contribution < -0.4 is 10.6 Å². The average Bonchev–Trinajstić information content (AvgIpc) is 2.92. The van der Waals surface area contributed by atoms with E-state index in [-0.39, 0.29) is 5.91 Å². The second-order valence-corrected chi connectivity index (χ2v) is 6.37. The van der Waals surface area contributed by atoms with Crippen LogP contribution in [0.25, 0.3) is 21.8 Å². The second kappa shape index (κ2) is 7.05. The summed E-state index contributed by atoms with van der Waals surface area (Å²) in [7, 11) is 0. The molecular formula is C20H26N3O+. The van der Waals surface area contributed by atoms with Crippen LogP contribution >= 0.6 is 0 Å². The lowest BCUT2D eigenvalue weighted by atomic mass is 10.1. The number of benzene rings is 2. The van der Waals surface area contributed by atoms with Crippen LogP contribution in [0.4, 0.5) is 5.69 Å². The predicted octanol–water partition coefficient (Wildman–Crippen LogP) is 3.11. The Morgan fingerprint density at radius 2 is 1.88 bits per heavy atom. The number of nitrogens with two attached hydrogens (primary N) is 1. The zero-order valence-electron chi connectivity index (χ0n) is 14.7. The molecule has 0 saturated carbocycles. The topological polar surface area (TPSA) is 50.6 Å². The highest BCUT2D eigenvalue weighted by Crippen LogP contribution is 2.30. The number of carbonyl (C=O) groups is 1. The SMILES string of the molecule is CC[C@@H](C)[NH2+]CC(=O)Nc1ccc2c(c1)c1ccccc1n2CC. The normalized spacial score (nSPS) is 12.6. The highest BCUT2D eigenvalue weighted by atomic mass is 16.1. The summed E-state index contributed by atoms with van der Waals surface area (Å²) >= 11 is 0. The standard InChI is InChI=1S/C20H25N3O/c1-4-14(3)21-13-20(24)22-15-10-11-19-17(12-15)16-8-6-7-9-18(16)23(19)5-2/h6-12,14,21H,4-5,13H2,1-3H3,(H,22,24)/p+1/t14-/m1/s1. The number of fused-ring (bicyclic) bond motifs is 3. The van der Waals surface area contributed by atoms with Crippen molar-refractivity contribution in [3.05, 3.63) is 42.5 Å². The van der Waals surface area contributed by atoms with Crippen LogP contribution in [-0.4, -0.2) is 23.1 Å². The van der Waals surface area contributed by atoms with Crippen LogP contribution in [0, 0.1) is 0 Å². The Bertz CT molecular complexity index is 866. The molecule has 0 saturated heterocycles. The van der Waals surface area contributed by atoms with E-state index in [0.29, 0.717) is 12.6 Å². The van der Waals surface area contributed by atoms with Gasteiger partial charge in [-0.15, -0.1) is 0 Å². The average molecular weight is 324 g/mol. The molecule has 1 atom stereocenters. The third-order valence-corrected chi connectivity index (χ3v) is 4.72. The molecule has 0 radical (unpaired) electrons. The van der Waals surface area contributed by atoms with E-state index in [9.17, 15) is 4.79 Å². The summed E-state index contributed by atoms with van der Waals surface area (Å²) in [5.41, 5.74) is 3.32. The molecule has 0 fully saturated rings. The maximum Gasteiger partial charge on any atom is 0.279 e. The zero-order chi connectivity index (χ0) is 17.1. The van der Waals surface area contributed by atoms with Crippen LogP contribution in [-0.2, 0) is 11.3 Å². The quantitative estimate of drug-likeness (QED) is 0.719. The van der Waals surface area contributed by atoms with Crippen LogP contribution in [0.5, 0.6) is 0 Å². The van der Waals surface area contributed by atoms with E-state index in [2.05, 4.69) is 72.4 Å². The third kappa shape index (κ3) is 3.15. The van der Waals surface area contributed by atoms with Gasteiger partial charge in [0.2, 0.25) is 0 Å². The van der Waals surface area contributed by atoms with Gasteiger partial charge in [-0.3, -0.25) is 4.79 Å². The molecule has 3 rings (SSSR count). The van der Waals surface area contributed by atoms with Gasteiger partial charge in [-0.2, -0.15) is 0 Å². The summed E-state index contributed by atoms with van der Waals surface area (Å²) in [4.78, 5) is 12.1. The van der Waals surface area contributed by atoms with Crippen molar-refractivity contribution in [2.75, 3.05) is 11.9 Å². The fraction of sp³-hybridized carbons (Fsp3) is 0.350. The molecule has 4 nitrogen and oxygen atoms in total. The first kappa shape index (κ1) is 16.5. The molecule has 0 aliphatic rings. The molecule has 1 heterocycles. The van der Waals surface area contributed by atoms with Crippen LogP contribution in [0.3, 0.4) is 0 Å². The smallest absolute Gasteiger partial charge is 0.279 e. The van der Waals surface area contributed by atoms with E-state index in [0.717, 1.165) is 18.7 Å². The van der Waals surface area contributed by atoms with E-state index in [1.54, 1.807) is 0 Å². The van der Waals surface area contributed by atoms with Crippen molar-refractivity contribution >= 4 is 33.4 Å². The maximum atomic E-state index is 12.1. The summed E-state index contributed by atoms with van der Waals surface area (Å²) < 4.78 is 2.31. The minimum Gasteiger partial charge on any atom is -0.341 e. The first-order valence-electron chi connectivity index (χ1n) is 8.78. The van der Waals surface area contributed by atoms with Crippen LogP contribution in [0.15, 0.2) is 42.5 Å². The number of hydrogen-bond acceptors (Lipinski definition) is 1. The van der Waals surface area contributed by atoms with Gasteiger partial charge in [-0.25, -0.2) is 0 Å². The Labute approximate surface area is 142 Å². The number of nitrogens with one attached hydrogen (secondary N) is 1. The molecule has 3 N–H and O–H groups in total.